The highest BCUT2D eigenvalue weighted by atomic mass is 16.6. The summed E-state index contributed by atoms with van der Waals surface area (Å²) in [6, 6.07) is 6.35. The van der Waals surface area contributed by atoms with Crippen LogP contribution in [0.25, 0.3) is 0 Å². The molecule has 3 amide bonds. The van der Waals surface area contributed by atoms with E-state index in [4.69, 9.17) is 4.74 Å². The average molecular weight is 333 g/mol. The molecule has 1 aromatic carbocycles. The Labute approximate surface area is 142 Å². The number of carbonyl (C=O) groups is 3. The van der Waals surface area contributed by atoms with Gasteiger partial charge in [0.25, 0.3) is 11.8 Å². The van der Waals surface area contributed by atoms with Gasteiger partial charge in [-0.15, -0.1) is 0 Å². The first-order valence-electron chi connectivity index (χ1n) is 8.05. The molecule has 0 saturated carbocycles. The number of hydrogen-bond acceptors (Lipinski definition) is 4. The summed E-state index contributed by atoms with van der Waals surface area (Å²) in [5.74, 6) is -0.624. The van der Waals surface area contributed by atoms with Crippen LogP contribution in [0.3, 0.4) is 0 Å². The Balaban J connectivity index is 2.11. The molecule has 2 rings (SSSR count). The average Bonchev–Trinajstić information content (AvgIpc) is 2.70. The van der Waals surface area contributed by atoms with Gasteiger partial charge in [-0.2, -0.15) is 0 Å². The van der Waals surface area contributed by atoms with Crippen LogP contribution in [0.2, 0.25) is 0 Å². The molecule has 24 heavy (non-hydrogen) atoms. The maximum Gasteiger partial charge on any atom is 0.407 e. The zero-order valence-corrected chi connectivity index (χ0v) is 14.8. The Hall–Kier alpha value is -2.37. The highest BCUT2D eigenvalue weighted by Gasteiger charge is 2.37. The summed E-state index contributed by atoms with van der Waals surface area (Å²) < 4.78 is 5.26. The molecule has 0 spiro atoms. The van der Waals surface area contributed by atoms with E-state index in [0.717, 1.165) is 0 Å². The molecule has 0 unspecified atom stereocenters. The number of alkyl carbamates (subject to hydrolysis) is 1. The van der Waals surface area contributed by atoms with E-state index in [-0.39, 0.29) is 30.3 Å². The molecule has 1 heterocycles. The fourth-order valence-electron chi connectivity index (χ4n) is 2.48. The molecule has 0 aliphatic carbocycles. The normalized spacial score (nSPS) is 15.5. The summed E-state index contributed by atoms with van der Waals surface area (Å²) in [5, 5.41) is 2.76. The number of hydrogen-bond donors (Lipinski definition) is 1. The summed E-state index contributed by atoms with van der Waals surface area (Å²) in [7, 11) is 0. The number of fused-ring (bicyclic) bond motifs is 1. The van der Waals surface area contributed by atoms with Crippen molar-refractivity contribution in [1.29, 1.82) is 0 Å². The molecular formula is C18H24N2O4. The predicted molar refractivity (Wildman–Crippen MR) is 89.8 cm³/mol. The van der Waals surface area contributed by atoms with E-state index in [0.29, 0.717) is 11.1 Å². The van der Waals surface area contributed by atoms with Crippen molar-refractivity contribution in [3.05, 3.63) is 35.4 Å². The third-order valence-corrected chi connectivity index (χ3v) is 3.76. The molecule has 0 fully saturated rings. The van der Waals surface area contributed by atoms with Crippen molar-refractivity contribution in [2.45, 2.75) is 46.3 Å². The van der Waals surface area contributed by atoms with Gasteiger partial charge in [0.1, 0.15) is 5.60 Å². The Bertz CT molecular complexity index is 626. The van der Waals surface area contributed by atoms with Crippen LogP contribution in [0, 0.1) is 5.92 Å². The lowest BCUT2D eigenvalue weighted by atomic mass is 10.1. The van der Waals surface area contributed by atoms with Crippen LogP contribution < -0.4 is 5.32 Å². The van der Waals surface area contributed by atoms with Gasteiger partial charge in [-0.25, -0.2) is 4.79 Å². The predicted octanol–water partition coefficient (Wildman–Crippen LogP) is 2.83. The zero-order chi connectivity index (χ0) is 18.1. The van der Waals surface area contributed by atoms with E-state index in [1.807, 2.05) is 13.8 Å². The first-order chi connectivity index (χ1) is 11.1. The Morgan fingerprint density at radius 3 is 2.04 bits per heavy atom. The molecule has 130 valence electrons. The van der Waals surface area contributed by atoms with E-state index >= 15 is 0 Å². The van der Waals surface area contributed by atoms with E-state index in [1.165, 1.54) is 4.90 Å². The van der Waals surface area contributed by atoms with E-state index in [1.54, 1.807) is 45.0 Å². The molecule has 0 aromatic heterocycles. The number of rotatable bonds is 4. The number of amides is 3. The minimum Gasteiger partial charge on any atom is -0.444 e. The van der Waals surface area contributed by atoms with Crippen LogP contribution in [-0.2, 0) is 4.74 Å². The summed E-state index contributed by atoms with van der Waals surface area (Å²) in [6.45, 7) is 9.28. The molecule has 1 N–H and O–H groups in total. The lowest BCUT2D eigenvalue weighted by molar-refractivity contribution is 0.0448. The van der Waals surface area contributed by atoms with E-state index in [2.05, 4.69) is 5.32 Å². The second-order valence-corrected chi connectivity index (χ2v) is 7.26. The van der Waals surface area contributed by atoms with Crippen molar-refractivity contribution in [1.82, 2.24) is 10.2 Å². The lowest BCUT2D eigenvalue weighted by Crippen LogP contribution is -2.49. The van der Waals surface area contributed by atoms with Crippen LogP contribution in [0.4, 0.5) is 4.79 Å². The number of ether oxygens (including phenoxy) is 1. The fraction of sp³-hybridized carbons (Fsp3) is 0.500. The molecule has 1 aliphatic heterocycles. The maximum atomic E-state index is 12.4. The van der Waals surface area contributed by atoms with Crippen LogP contribution >= 0.6 is 0 Å². The standard InChI is InChI=1S/C18H24N2O4/c1-11(2)14(19-17(23)24-18(3,4)5)10-20-15(21)12-8-6-7-9-13(12)16(20)22/h6-9,11,14H,10H2,1-5H3,(H,19,23)/t14-/m1/s1/i19+1. The van der Waals surface area contributed by atoms with Gasteiger partial charge in [0.15, 0.2) is 0 Å². The number of carbonyl (C=O) groups excluding carboxylic acids is 3. The fourth-order valence-corrected chi connectivity index (χ4v) is 2.48. The van der Waals surface area contributed by atoms with Crippen molar-refractivity contribution in [3.8, 4) is 0 Å². The van der Waals surface area contributed by atoms with E-state index < -0.39 is 11.7 Å². The van der Waals surface area contributed by atoms with Crippen molar-refractivity contribution in [2.75, 3.05) is 6.54 Å². The van der Waals surface area contributed by atoms with Crippen molar-refractivity contribution in [3.63, 3.8) is 0 Å². The Kier molecular flexibility index (Phi) is 4.96. The van der Waals surface area contributed by atoms with Crippen molar-refractivity contribution in [2.24, 2.45) is 5.92 Å². The van der Waals surface area contributed by atoms with Crippen molar-refractivity contribution < 1.29 is 19.1 Å². The molecule has 0 radical (unpaired) electrons. The summed E-state index contributed by atoms with van der Waals surface area (Å²) in [4.78, 5) is 38.1. The van der Waals surface area contributed by atoms with Gasteiger partial charge < -0.3 is 10.1 Å². The number of nitrogens with one attached hydrogen (secondary N) is 1. The molecule has 1 atom stereocenters. The SMILES string of the molecule is CC(C)[C@@H](CN1C(=O)c2ccccc2C1=O)[15NH]C(=O)OC(C)(C)C. The molecular weight excluding hydrogens is 309 g/mol. The van der Waals surface area contributed by atoms with Crippen LogP contribution in [0.15, 0.2) is 24.3 Å². The Morgan fingerprint density at radius 2 is 1.62 bits per heavy atom. The topological polar surface area (TPSA) is 75.7 Å². The summed E-state index contributed by atoms with van der Waals surface area (Å²) >= 11 is 0. The minimum absolute atomic E-state index is 0.0295. The minimum atomic E-state index is -0.610. The van der Waals surface area contributed by atoms with Crippen molar-refractivity contribution >= 4 is 17.9 Å². The van der Waals surface area contributed by atoms with Gasteiger partial charge in [0.05, 0.1) is 17.2 Å². The first kappa shape index (κ1) is 18.0. The van der Waals surface area contributed by atoms with Gasteiger partial charge in [-0.05, 0) is 38.8 Å². The van der Waals surface area contributed by atoms with Gasteiger partial charge in [0.2, 0.25) is 0 Å². The molecule has 6 heteroatoms. The van der Waals surface area contributed by atoms with Gasteiger partial charge in [0, 0.05) is 6.54 Å². The van der Waals surface area contributed by atoms with Crippen LogP contribution in [-0.4, -0.2) is 41.0 Å². The smallest absolute Gasteiger partial charge is 0.407 e. The monoisotopic (exact) mass is 333 g/mol. The lowest BCUT2D eigenvalue weighted by Gasteiger charge is -2.28. The first-order valence-corrected chi connectivity index (χ1v) is 8.05. The zero-order valence-electron chi connectivity index (χ0n) is 14.8. The van der Waals surface area contributed by atoms with Gasteiger partial charge >= 0.3 is 6.09 Å². The third-order valence-electron chi connectivity index (χ3n) is 3.76. The third kappa shape index (κ3) is 3.93. The molecule has 1 aromatic rings. The van der Waals surface area contributed by atoms with E-state index in [9.17, 15) is 14.4 Å². The molecule has 0 bridgehead atoms. The largest absolute Gasteiger partial charge is 0.444 e. The number of imide groups is 1. The molecule has 6 nitrogen and oxygen atoms in total. The maximum absolute atomic E-state index is 12.4. The Morgan fingerprint density at radius 1 is 1.12 bits per heavy atom. The summed E-state index contributed by atoms with van der Waals surface area (Å²) in [6.07, 6.45) is -0.558. The van der Waals surface area contributed by atoms with Gasteiger partial charge in [-0.3, -0.25) is 14.5 Å². The number of nitrogens with zero attached hydrogens (tertiary/aromatic N) is 1. The second kappa shape index (κ2) is 6.63. The highest BCUT2D eigenvalue weighted by Crippen LogP contribution is 2.23. The highest BCUT2D eigenvalue weighted by molar-refractivity contribution is 6.21. The number of benzene rings is 1. The van der Waals surface area contributed by atoms with Gasteiger partial charge in [-0.1, -0.05) is 26.0 Å². The van der Waals surface area contributed by atoms with Crippen LogP contribution in [0.5, 0.6) is 0 Å². The molecule has 1 aliphatic rings. The quantitative estimate of drug-likeness (QED) is 0.679. The molecule has 0 saturated heterocycles. The second-order valence-electron chi connectivity index (χ2n) is 7.26. The van der Waals surface area contributed by atoms with Crippen LogP contribution in [0.1, 0.15) is 55.3 Å². The summed E-state index contributed by atoms with van der Waals surface area (Å²) in [5.41, 5.74) is 0.200.